The first-order valence-corrected chi connectivity index (χ1v) is 9.95. The molecule has 1 N–H and O–H groups in total. The summed E-state index contributed by atoms with van der Waals surface area (Å²) in [6.07, 6.45) is 11.1. The number of piperidine rings is 2. The molecule has 1 atom stereocenters. The third kappa shape index (κ3) is 5.09. The number of benzene rings is 1. The summed E-state index contributed by atoms with van der Waals surface area (Å²) in [6.45, 7) is 7.17. The smallest absolute Gasteiger partial charge is 0.241 e. The maximum atomic E-state index is 12.7. The van der Waals surface area contributed by atoms with E-state index in [1.54, 1.807) is 0 Å². The van der Waals surface area contributed by atoms with Crippen molar-refractivity contribution in [2.75, 3.05) is 31.5 Å². The van der Waals surface area contributed by atoms with Crippen LogP contribution in [0.25, 0.3) is 0 Å². The Hall–Kier alpha value is -1.83. The number of hydrogen-bond acceptors (Lipinski definition) is 3. The van der Waals surface area contributed by atoms with Gasteiger partial charge in [0.2, 0.25) is 5.91 Å². The second-order valence-corrected chi connectivity index (χ2v) is 7.83. The van der Waals surface area contributed by atoms with Crippen molar-refractivity contribution in [2.45, 2.75) is 51.6 Å². The van der Waals surface area contributed by atoms with Gasteiger partial charge >= 0.3 is 0 Å². The van der Waals surface area contributed by atoms with E-state index in [0.29, 0.717) is 6.54 Å². The Morgan fingerprint density at radius 2 is 1.88 bits per heavy atom. The highest BCUT2D eigenvalue weighted by molar-refractivity contribution is 5.94. The molecule has 2 saturated heterocycles. The van der Waals surface area contributed by atoms with Crippen LogP contribution >= 0.6 is 0 Å². The topological polar surface area (TPSA) is 35.6 Å². The molecule has 2 heterocycles. The van der Waals surface area contributed by atoms with Crippen LogP contribution in [-0.2, 0) is 11.3 Å². The van der Waals surface area contributed by atoms with Gasteiger partial charge in [-0.25, -0.2) is 0 Å². The summed E-state index contributed by atoms with van der Waals surface area (Å²) >= 11 is 0. The molecule has 0 aromatic heterocycles. The molecule has 2 aliphatic rings. The lowest BCUT2D eigenvalue weighted by Crippen LogP contribution is -2.47. The second-order valence-electron chi connectivity index (χ2n) is 7.83. The van der Waals surface area contributed by atoms with Gasteiger partial charge in [-0.2, -0.15) is 0 Å². The first kappa shape index (κ1) is 18.9. The number of carbonyl (C=O) groups excluding carboxylic acids is 1. The molecule has 3 rings (SSSR count). The third-order valence-corrected chi connectivity index (χ3v) is 5.71. The number of carbonyl (C=O) groups is 1. The Morgan fingerprint density at radius 3 is 2.58 bits per heavy atom. The van der Waals surface area contributed by atoms with Crippen molar-refractivity contribution in [3.63, 3.8) is 0 Å². The first-order valence-electron chi connectivity index (χ1n) is 9.95. The van der Waals surface area contributed by atoms with E-state index < -0.39 is 0 Å². The average molecular weight is 354 g/mol. The lowest BCUT2D eigenvalue weighted by Gasteiger charge is -2.33. The van der Waals surface area contributed by atoms with E-state index >= 15 is 0 Å². The van der Waals surface area contributed by atoms with E-state index in [-0.39, 0.29) is 11.9 Å². The average Bonchev–Trinajstić information content (AvgIpc) is 2.66. The number of rotatable bonds is 5. The van der Waals surface area contributed by atoms with Crippen LogP contribution in [0.5, 0.6) is 0 Å². The number of nitrogens with zero attached hydrogens (tertiary/aromatic N) is 2. The molecular weight excluding hydrogens is 322 g/mol. The predicted molar refractivity (Wildman–Crippen MR) is 107 cm³/mol. The van der Waals surface area contributed by atoms with Gasteiger partial charge in [0, 0.05) is 12.2 Å². The molecule has 0 spiro atoms. The summed E-state index contributed by atoms with van der Waals surface area (Å²) < 4.78 is 0. The quantitative estimate of drug-likeness (QED) is 0.825. The van der Waals surface area contributed by atoms with Crippen LogP contribution in [0.1, 0.15) is 44.6 Å². The highest BCUT2D eigenvalue weighted by Crippen LogP contribution is 2.21. The van der Waals surface area contributed by atoms with E-state index in [9.17, 15) is 4.79 Å². The van der Waals surface area contributed by atoms with E-state index in [4.69, 9.17) is 6.42 Å². The van der Waals surface area contributed by atoms with Crippen molar-refractivity contribution >= 4 is 11.6 Å². The van der Waals surface area contributed by atoms with Crippen molar-refractivity contribution in [1.82, 2.24) is 9.80 Å². The molecule has 1 aromatic rings. The van der Waals surface area contributed by atoms with Crippen molar-refractivity contribution in [3.05, 3.63) is 29.8 Å². The zero-order chi connectivity index (χ0) is 18.4. The highest BCUT2D eigenvalue weighted by Gasteiger charge is 2.28. The molecule has 0 bridgehead atoms. The van der Waals surface area contributed by atoms with E-state index in [1.807, 2.05) is 12.1 Å². The summed E-state index contributed by atoms with van der Waals surface area (Å²) in [7, 11) is 0. The van der Waals surface area contributed by atoms with Gasteiger partial charge in [-0.15, -0.1) is 6.42 Å². The number of anilines is 1. The Labute approximate surface area is 157 Å². The largest absolute Gasteiger partial charge is 0.325 e. The predicted octanol–water partition coefficient (Wildman–Crippen LogP) is 3.34. The Morgan fingerprint density at radius 1 is 1.15 bits per heavy atom. The molecule has 26 heavy (non-hydrogen) atoms. The molecule has 1 amide bonds. The third-order valence-electron chi connectivity index (χ3n) is 5.71. The minimum atomic E-state index is -0.102. The normalized spacial score (nSPS) is 22.7. The van der Waals surface area contributed by atoms with Gasteiger partial charge in [0.25, 0.3) is 0 Å². The summed E-state index contributed by atoms with van der Waals surface area (Å²) in [5.74, 6) is 3.60. The maximum Gasteiger partial charge on any atom is 0.241 e. The molecule has 2 aliphatic heterocycles. The summed E-state index contributed by atoms with van der Waals surface area (Å²) in [5, 5.41) is 3.07. The van der Waals surface area contributed by atoms with Crippen LogP contribution in [0.15, 0.2) is 24.3 Å². The number of nitrogens with one attached hydrogen (secondary N) is 1. The Bertz CT molecular complexity index is 626. The number of terminal acetylenes is 1. The van der Waals surface area contributed by atoms with E-state index in [0.717, 1.165) is 44.0 Å². The van der Waals surface area contributed by atoms with Gasteiger partial charge in [-0.05, 0) is 68.9 Å². The van der Waals surface area contributed by atoms with Gasteiger partial charge in [0.05, 0.1) is 12.6 Å². The molecule has 0 aliphatic carbocycles. The van der Waals surface area contributed by atoms with E-state index in [2.05, 4.69) is 40.1 Å². The highest BCUT2D eigenvalue weighted by atomic mass is 16.2. The van der Waals surface area contributed by atoms with Crippen LogP contribution in [0.4, 0.5) is 5.69 Å². The van der Waals surface area contributed by atoms with Crippen LogP contribution in [0, 0.1) is 18.3 Å². The molecule has 140 valence electrons. The van der Waals surface area contributed by atoms with Crippen LogP contribution in [0.2, 0.25) is 0 Å². The minimum absolute atomic E-state index is 0.0673. The minimum Gasteiger partial charge on any atom is -0.325 e. The van der Waals surface area contributed by atoms with Crippen LogP contribution in [0.3, 0.4) is 0 Å². The fourth-order valence-corrected chi connectivity index (χ4v) is 3.99. The fourth-order valence-electron chi connectivity index (χ4n) is 3.99. The second kappa shape index (κ2) is 9.21. The van der Waals surface area contributed by atoms with Gasteiger partial charge in [0.1, 0.15) is 0 Å². The van der Waals surface area contributed by atoms with Crippen molar-refractivity contribution in [3.8, 4) is 12.3 Å². The fraction of sp³-hybridized carbons (Fsp3) is 0.591. The Kier molecular flexibility index (Phi) is 6.71. The monoisotopic (exact) mass is 353 g/mol. The molecule has 4 nitrogen and oxygen atoms in total. The number of hydrogen-bond donors (Lipinski definition) is 1. The zero-order valence-electron chi connectivity index (χ0n) is 15.9. The van der Waals surface area contributed by atoms with Crippen LogP contribution in [-0.4, -0.2) is 47.9 Å². The Balaban J connectivity index is 1.53. The first-order chi connectivity index (χ1) is 12.7. The van der Waals surface area contributed by atoms with Crippen LogP contribution < -0.4 is 5.32 Å². The van der Waals surface area contributed by atoms with Gasteiger partial charge in [-0.1, -0.05) is 31.4 Å². The molecule has 2 fully saturated rings. The zero-order valence-corrected chi connectivity index (χ0v) is 15.9. The summed E-state index contributed by atoms with van der Waals surface area (Å²) in [6, 6.07) is 8.21. The standard InChI is InChI=1S/C22H31N3O/c1-3-13-25-14-5-4-6-21(25)22(26)23-20-9-7-19(8-10-20)17-24-15-11-18(2)12-16-24/h1,7-10,18,21H,4-6,11-17H2,2H3,(H,23,26). The number of likely N-dealkylation sites (tertiary alicyclic amines) is 2. The van der Waals surface area contributed by atoms with Crippen molar-refractivity contribution in [2.24, 2.45) is 5.92 Å². The lowest BCUT2D eigenvalue weighted by atomic mass is 9.99. The summed E-state index contributed by atoms with van der Waals surface area (Å²) in [5.41, 5.74) is 2.18. The molecule has 0 radical (unpaired) electrons. The van der Waals surface area contributed by atoms with Crippen molar-refractivity contribution < 1.29 is 4.79 Å². The molecule has 1 unspecified atom stereocenters. The number of amides is 1. The van der Waals surface area contributed by atoms with Crippen molar-refractivity contribution in [1.29, 1.82) is 0 Å². The molecule has 1 aromatic carbocycles. The molecule has 4 heteroatoms. The maximum absolute atomic E-state index is 12.7. The lowest BCUT2D eigenvalue weighted by molar-refractivity contribution is -0.122. The van der Waals surface area contributed by atoms with E-state index in [1.165, 1.54) is 31.5 Å². The van der Waals surface area contributed by atoms with Gasteiger partial charge in [0.15, 0.2) is 0 Å². The molecular formula is C22H31N3O. The SMILES string of the molecule is C#CCN1CCCCC1C(=O)Nc1ccc(CN2CCC(C)CC2)cc1. The van der Waals surface area contributed by atoms with Gasteiger partial charge < -0.3 is 5.32 Å². The van der Waals surface area contributed by atoms with Gasteiger partial charge in [-0.3, -0.25) is 14.6 Å². The summed E-state index contributed by atoms with van der Waals surface area (Å²) in [4.78, 5) is 17.3. The molecule has 0 saturated carbocycles.